The maximum absolute atomic E-state index is 12.3. The van der Waals surface area contributed by atoms with Crippen molar-refractivity contribution in [1.29, 1.82) is 0 Å². The number of nitrogens with zero attached hydrogens (tertiary/aromatic N) is 1. The lowest BCUT2D eigenvalue weighted by Crippen LogP contribution is -2.16. The van der Waals surface area contributed by atoms with E-state index < -0.39 is 0 Å². The van der Waals surface area contributed by atoms with Crippen LogP contribution in [0.1, 0.15) is 0 Å². The molecule has 0 aliphatic carbocycles. The Hall–Kier alpha value is -2.15. The van der Waals surface area contributed by atoms with Gasteiger partial charge in [0.15, 0.2) is 0 Å². The van der Waals surface area contributed by atoms with Crippen LogP contribution in [0.25, 0.3) is 10.8 Å². The number of halogens is 1. The lowest BCUT2D eigenvalue weighted by molar-refractivity contribution is -0.113. The maximum Gasteiger partial charge on any atom is 0.285 e. The number of hydrogen-bond donors (Lipinski definition) is 1. The van der Waals surface area contributed by atoms with E-state index in [4.69, 9.17) is 11.6 Å². The minimum absolute atomic E-state index is 0.0399. The molecule has 7 heteroatoms. The highest BCUT2D eigenvalue weighted by Crippen LogP contribution is 2.33. The molecule has 3 aromatic carbocycles. The van der Waals surface area contributed by atoms with Crippen LogP contribution >= 0.6 is 35.1 Å². The van der Waals surface area contributed by atoms with Crippen molar-refractivity contribution >= 4 is 62.7 Å². The summed E-state index contributed by atoms with van der Waals surface area (Å²) in [6.07, 6.45) is 0. The van der Waals surface area contributed by atoms with Crippen molar-refractivity contribution in [1.82, 2.24) is 4.90 Å². The fourth-order valence-electron chi connectivity index (χ4n) is 2.52. The summed E-state index contributed by atoms with van der Waals surface area (Å²) < 4.78 is 0. The van der Waals surface area contributed by atoms with Crippen LogP contribution in [0.3, 0.4) is 0 Å². The molecule has 144 valence electrons. The van der Waals surface area contributed by atoms with Gasteiger partial charge in [0, 0.05) is 40.0 Å². The van der Waals surface area contributed by atoms with Crippen molar-refractivity contribution in [2.24, 2.45) is 0 Å². The average molecular weight is 431 g/mol. The molecule has 0 heterocycles. The molecule has 0 fully saturated rings. The van der Waals surface area contributed by atoms with E-state index in [1.54, 1.807) is 26.2 Å². The Kier molecular flexibility index (Phi) is 6.88. The summed E-state index contributed by atoms with van der Waals surface area (Å²) in [5, 5.41) is 5.55. The van der Waals surface area contributed by atoms with E-state index >= 15 is 0 Å². The third-order valence-electron chi connectivity index (χ3n) is 3.88. The zero-order valence-electron chi connectivity index (χ0n) is 15.4. The van der Waals surface area contributed by atoms with Gasteiger partial charge in [-0.3, -0.25) is 9.59 Å². The van der Waals surface area contributed by atoms with Crippen LogP contribution in [0.15, 0.2) is 70.5 Å². The second-order valence-corrected chi connectivity index (χ2v) is 8.67. The van der Waals surface area contributed by atoms with Gasteiger partial charge in [-0.2, -0.15) is 0 Å². The van der Waals surface area contributed by atoms with Gasteiger partial charge in [0.1, 0.15) is 0 Å². The van der Waals surface area contributed by atoms with Crippen molar-refractivity contribution in [3.8, 4) is 0 Å². The summed E-state index contributed by atoms with van der Waals surface area (Å²) in [7, 11) is 3.43. The van der Waals surface area contributed by atoms with E-state index in [1.165, 1.54) is 16.7 Å². The number of anilines is 1. The Morgan fingerprint density at radius 2 is 1.68 bits per heavy atom. The second kappa shape index (κ2) is 9.37. The second-order valence-electron chi connectivity index (χ2n) is 6.22. The van der Waals surface area contributed by atoms with Crippen LogP contribution in [0, 0.1) is 0 Å². The zero-order chi connectivity index (χ0) is 20.1. The van der Waals surface area contributed by atoms with E-state index in [2.05, 4.69) is 5.32 Å². The number of carbonyl (C=O) groups is 2. The first-order chi connectivity index (χ1) is 13.4. The van der Waals surface area contributed by atoms with Gasteiger partial charge in [0.2, 0.25) is 5.91 Å². The van der Waals surface area contributed by atoms with Crippen molar-refractivity contribution in [2.45, 2.75) is 9.79 Å². The number of fused-ring (bicyclic) bond motifs is 1. The quantitative estimate of drug-likeness (QED) is 0.504. The monoisotopic (exact) mass is 430 g/mol. The predicted molar refractivity (Wildman–Crippen MR) is 120 cm³/mol. The van der Waals surface area contributed by atoms with Gasteiger partial charge >= 0.3 is 0 Å². The van der Waals surface area contributed by atoms with E-state index in [0.29, 0.717) is 10.7 Å². The van der Waals surface area contributed by atoms with Crippen LogP contribution in [-0.2, 0) is 4.79 Å². The molecule has 28 heavy (non-hydrogen) atoms. The Balaban J connectivity index is 1.60. The lowest BCUT2D eigenvalue weighted by atomic mass is 10.1. The molecule has 0 aliphatic rings. The summed E-state index contributed by atoms with van der Waals surface area (Å²) in [4.78, 5) is 27.4. The first-order valence-corrected chi connectivity index (χ1v) is 10.7. The number of benzene rings is 3. The Bertz CT molecular complexity index is 1000. The summed E-state index contributed by atoms with van der Waals surface area (Å²) >= 11 is 8.94. The molecule has 0 aliphatic heterocycles. The summed E-state index contributed by atoms with van der Waals surface area (Å²) in [6.45, 7) is 0. The molecule has 2 amide bonds. The minimum Gasteiger partial charge on any atom is -0.339 e. The van der Waals surface area contributed by atoms with Crippen molar-refractivity contribution in [3.05, 3.63) is 65.7 Å². The summed E-state index contributed by atoms with van der Waals surface area (Å²) in [6, 6.07) is 18.9. The summed E-state index contributed by atoms with van der Waals surface area (Å²) in [5.74, 6) is 0.179. The molecule has 0 saturated heterocycles. The van der Waals surface area contributed by atoms with Gasteiger partial charge in [-0.25, -0.2) is 0 Å². The molecular formula is C21H19ClN2O2S2. The summed E-state index contributed by atoms with van der Waals surface area (Å²) in [5.41, 5.74) is 0.697. The molecule has 0 atom stereocenters. The largest absolute Gasteiger partial charge is 0.339 e. The average Bonchev–Trinajstić information content (AvgIpc) is 2.68. The van der Waals surface area contributed by atoms with Gasteiger partial charge in [-0.05, 0) is 53.5 Å². The number of rotatable bonds is 5. The third-order valence-corrected chi connectivity index (χ3v) is 6.30. The van der Waals surface area contributed by atoms with Gasteiger partial charge < -0.3 is 10.2 Å². The smallest absolute Gasteiger partial charge is 0.285 e. The Morgan fingerprint density at radius 3 is 2.36 bits per heavy atom. The molecule has 1 N–H and O–H groups in total. The zero-order valence-corrected chi connectivity index (χ0v) is 17.8. The highest BCUT2D eigenvalue weighted by atomic mass is 35.5. The van der Waals surface area contributed by atoms with Gasteiger partial charge in [-0.1, -0.05) is 35.9 Å². The third kappa shape index (κ3) is 5.22. The van der Waals surface area contributed by atoms with Crippen molar-refractivity contribution in [3.63, 3.8) is 0 Å². The fourth-order valence-corrected chi connectivity index (χ4v) is 4.42. The van der Waals surface area contributed by atoms with Crippen LogP contribution < -0.4 is 5.32 Å². The number of amides is 2. The molecule has 0 bridgehead atoms. The molecule has 3 aromatic rings. The van der Waals surface area contributed by atoms with Crippen molar-refractivity contribution < 1.29 is 9.59 Å². The molecule has 0 aromatic heterocycles. The van der Waals surface area contributed by atoms with Gasteiger partial charge in [-0.15, -0.1) is 11.8 Å². The van der Waals surface area contributed by atoms with Gasteiger partial charge in [0.25, 0.3) is 5.24 Å². The van der Waals surface area contributed by atoms with E-state index in [0.717, 1.165) is 32.3 Å². The standard InChI is InChI=1S/C21H19ClN2O2S2/c1-24(2)21(26)28-16-11-9-15(10-12-16)23-19(25)13-27-18-8-4-6-14-5-3-7-17(22)20(14)18/h3-12H,13H2,1-2H3,(H,23,25). The topological polar surface area (TPSA) is 49.4 Å². The van der Waals surface area contributed by atoms with Crippen LogP contribution in [0.5, 0.6) is 0 Å². The van der Waals surface area contributed by atoms with Gasteiger partial charge in [0.05, 0.1) is 5.75 Å². The number of carbonyl (C=O) groups excluding carboxylic acids is 2. The normalized spacial score (nSPS) is 10.7. The molecular weight excluding hydrogens is 412 g/mol. The highest BCUT2D eigenvalue weighted by Gasteiger charge is 2.10. The van der Waals surface area contributed by atoms with E-state index in [9.17, 15) is 9.59 Å². The molecule has 0 unspecified atom stereocenters. The fraction of sp³-hybridized carbons (Fsp3) is 0.143. The van der Waals surface area contributed by atoms with E-state index in [-0.39, 0.29) is 16.9 Å². The Morgan fingerprint density at radius 1 is 1.00 bits per heavy atom. The first-order valence-electron chi connectivity index (χ1n) is 8.53. The minimum atomic E-state index is -0.0983. The van der Waals surface area contributed by atoms with Crippen molar-refractivity contribution in [2.75, 3.05) is 25.2 Å². The molecule has 4 nitrogen and oxygen atoms in total. The maximum atomic E-state index is 12.3. The number of nitrogens with one attached hydrogen (secondary N) is 1. The SMILES string of the molecule is CN(C)C(=O)Sc1ccc(NC(=O)CSc2cccc3cccc(Cl)c23)cc1. The molecule has 0 spiro atoms. The Labute approximate surface area is 177 Å². The van der Waals surface area contributed by atoms with E-state index in [1.807, 2.05) is 48.5 Å². The molecule has 0 saturated carbocycles. The first kappa shape index (κ1) is 20.6. The number of hydrogen-bond acceptors (Lipinski definition) is 4. The number of thioether (sulfide) groups is 2. The highest BCUT2D eigenvalue weighted by molar-refractivity contribution is 8.13. The van der Waals surface area contributed by atoms with Crippen LogP contribution in [-0.4, -0.2) is 35.9 Å². The molecule has 3 rings (SSSR count). The predicted octanol–water partition coefficient (Wildman–Crippen LogP) is 6.00. The lowest BCUT2D eigenvalue weighted by Gasteiger charge is -2.10. The molecule has 0 radical (unpaired) electrons. The van der Waals surface area contributed by atoms with Crippen LogP contribution in [0.2, 0.25) is 5.02 Å². The van der Waals surface area contributed by atoms with Crippen LogP contribution in [0.4, 0.5) is 10.5 Å².